The molecule has 0 aromatic rings. The number of aliphatic hydroxyl groups is 3. The van der Waals surface area contributed by atoms with Crippen LogP contribution in [-0.2, 0) is 23.9 Å². The molecule has 0 amide bonds. The number of carbonyl (C=O) groups excluding carboxylic acids is 1. The second kappa shape index (κ2) is 30.6. The van der Waals surface area contributed by atoms with Gasteiger partial charge in [0, 0.05) is 61.7 Å². The summed E-state index contributed by atoms with van der Waals surface area (Å²) in [5.74, 6) is 13.3. The summed E-state index contributed by atoms with van der Waals surface area (Å²) < 4.78 is 12.3. The molecule has 4 saturated carbocycles. The zero-order chi connectivity index (χ0) is 44.9. The molecule has 0 aromatic heterocycles. The van der Waals surface area contributed by atoms with Crippen molar-refractivity contribution in [2.24, 2.45) is 53.3 Å². The molecule has 5 rings (SSSR count). The number of hydrogen-bond donors (Lipinski definition) is 5. The van der Waals surface area contributed by atoms with Crippen molar-refractivity contribution in [3.8, 4) is 23.7 Å². The fourth-order valence-electron chi connectivity index (χ4n) is 8.79. The first-order valence-corrected chi connectivity index (χ1v) is 23.8. The molecule has 5 aliphatic rings. The normalized spacial score (nSPS) is 28.6. The highest BCUT2D eigenvalue weighted by Gasteiger charge is 2.40. The molecule has 4 aliphatic carbocycles. The molecule has 5 N–H and O–H groups in total. The first kappa shape index (κ1) is 56.6. The second-order valence-corrected chi connectivity index (χ2v) is 18.7. The molecule has 1 saturated heterocycles. The molecule has 1 aliphatic heterocycles. The van der Waals surface area contributed by atoms with E-state index in [1.807, 2.05) is 6.92 Å². The number of hydrogen-bond acceptors (Lipinski definition) is 8. The van der Waals surface area contributed by atoms with Gasteiger partial charge in [-0.05, 0) is 119 Å². The quantitative estimate of drug-likeness (QED) is 0.0305. The summed E-state index contributed by atoms with van der Waals surface area (Å²) in [5.41, 5.74) is 0. The Morgan fingerprint density at radius 3 is 1.92 bits per heavy atom. The van der Waals surface area contributed by atoms with Crippen LogP contribution in [-0.4, -0.2) is 80.6 Å². The van der Waals surface area contributed by atoms with Crippen LogP contribution in [0.1, 0.15) is 158 Å². The average Bonchev–Trinajstić information content (AvgIpc) is 4.18. The number of carboxylic acid groups (broad SMARTS) is 2. The Morgan fingerprint density at radius 2 is 1.36 bits per heavy atom. The first-order valence-electron chi connectivity index (χ1n) is 23.8. The van der Waals surface area contributed by atoms with E-state index in [1.165, 1.54) is 31.8 Å². The zero-order valence-electron chi connectivity index (χ0n) is 37.6. The lowest BCUT2D eigenvalue weighted by atomic mass is 9.85. The molecule has 1 heterocycles. The number of aliphatic hydroxyl groups excluding tert-OH is 3. The molecule has 0 radical (unpaired) electrons. The van der Waals surface area contributed by atoms with Crippen LogP contribution >= 0.6 is 0 Å². The Balaban J connectivity index is 0.000000435. The number of ether oxygens (including phenoxy) is 2. The van der Waals surface area contributed by atoms with Gasteiger partial charge in [0.1, 0.15) is 5.78 Å². The van der Waals surface area contributed by atoms with Crippen molar-refractivity contribution in [2.75, 3.05) is 6.61 Å². The van der Waals surface area contributed by atoms with Crippen LogP contribution in [0.15, 0.2) is 48.6 Å². The van der Waals surface area contributed by atoms with E-state index in [0.717, 1.165) is 83.3 Å². The zero-order valence-corrected chi connectivity index (χ0v) is 37.6. The maximum Gasteiger partial charge on any atom is 0.327 e. The highest BCUT2D eigenvalue weighted by molar-refractivity contribution is 5.84. The van der Waals surface area contributed by atoms with Crippen LogP contribution in [0.2, 0.25) is 0 Å². The van der Waals surface area contributed by atoms with Crippen molar-refractivity contribution in [1.29, 1.82) is 0 Å². The fourth-order valence-corrected chi connectivity index (χ4v) is 8.79. The number of carbonyl (C=O) groups is 3. The number of rotatable bonds is 22. The lowest BCUT2D eigenvalue weighted by Crippen LogP contribution is -2.30. The van der Waals surface area contributed by atoms with Gasteiger partial charge < -0.3 is 35.0 Å². The number of Topliss-reactive ketones (excluding diaryl/α,β-unsaturated/α-hetero) is 1. The number of aliphatic carboxylic acids is 2. The number of unbranched alkanes of at least 4 members (excludes halogenated alkanes) is 4. The third-order valence-electron chi connectivity index (χ3n) is 13.1. The molecule has 0 aromatic carbocycles. The van der Waals surface area contributed by atoms with Crippen molar-refractivity contribution in [1.82, 2.24) is 0 Å². The average molecular weight is 893 g/mol. The Bertz CT molecular complexity index is 1630. The van der Waals surface area contributed by atoms with Crippen LogP contribution in [0.25, 0.3) is 0 Å². The molecule has 10 nitrogen and oxygen atoms in total. The minimum Gasteiger partial charge on any atom is -0.478 e. The molecular formula is C54H84O10. The van der Waals surface area contributed by atoms with Crippen LogP contribution in [0.5, 0.6) is 0 Å². The van der Waals surface area contributed by atoms with E-state index in [2.05, 4.69) is 49.7 Å². The molecule has 0 bridgehead atoms. The second-order valence-electron chi connectivity index (χ2n) is 18.7. The third kappa shape index (κ3) is 21.7. The standard InChI is InChI=1S/C29H44O5.C23H32O5.2CH4/c1-21(10-9-11-23-15-16-23)27(34-29-14-7-8-19-33-29)18-17-24-22(2)20-26(30)25(24)12-5-3-4-6-13-28(31)32;1-16(7-6-8-17-11-12-17)20(24)14-13-19-18(21(25)15-22(19)26)9-4-2-3-5-10-23(27)28;;/h6,13,17-18,21-27,29-30H,3-5,7-8,10,12,14-16,19-20H2,1-2H3,(H,31,32);5,10,13-14,16-20,22,24,26H,2-4,7,9,11-12,15H2,1H3,(H,27,28);2*1H4/b13-6+,18-17+;10-5+,14-13+;;/t21-,22+,24-,25+,26-,27+,29?;16-,18+,19+,20+,22+;;/m00../s1. The molecule has 0 spiro atoms. The van der Waals surface area contributed by atoms with Gasteiger partial charge in [0.2, 0.25) is 0 Å². The summed E-state index contributed by atoms with van der Waals surface area (Å²) in [6.45, 7) is 7.18. The molecule has 64 heavy (non-hydrogen) atoms. The predicted molar refractivity (Wildman–Crippen MR) is 255 cm³/mol. The third-order valence-corrected chi connectivity index (χ3v) is 13.1. The lowest BCUT2D eigenvalue weighted by Gasteiger charge is -2.29. The summed E-state index contributed by atoms with van der Waals surface area (Å²) >= 11 is 0. The number of ketones is 1. The highest BCUT2D eigenvalue weighted by atomic mass is 16.7. The van der Waals surface area contributed by atoms with Crippen molar-refractivity contribution in [2.45, 2.75) is 188 Å². The van der Waals surface area contributed by atoms with E-state index in [1.54, 1.807) is 24.3 Å². The molecule has 12 atom stereocenters. The van der Waals surface area contributed by atoms with Gasteiger partial charge in [0.25, 0.3) is 0 Å². The van der Waals surface area contributed by atoms with Gasteiger partial charge in [-0.1, -0.05) is 96.8 Å². The predicted octanol–water partition coefficient (Wildman–Crippen LogP) is 10.1. The van der Waals surface area contributed by atoms with Gasteiger partial charge in [0.05, 0.1) is 24.4 Å². The maximum atomic E-state index is 12.2. The maximum absolute atomic E-state index is 12.2. The molecule has 10 heteroatoms. The van der Waals surface area contributed by atoms with Gasteiger partial charge in [-0.3, -0.25) is 4.79 Å². The number of allylic oxidation sites excluding steroid dienone is 3. The van der Waals surface area contributed by atoms with E-state index in [0.29, 0.717) is 42.9 Å². The van der Waals surface area contributed by atoms with Crippen molar-refractivity contribution < 1.29 is 49.4 Å². The largest absolute Gasteiger partial charge is 0.478 e. The van der Waals surface area contributed by atoms with Crippen molar-refractivity contribution in [3.63, 3.8) is 0 Å². The summed E-state index contributed by atoms with van der Waals surface area (Å²) in [6.07, 6.45) is 29.1. The summed E-state index contributed by atoms with van der Waals surface area (Å²) in [4.78, 5) is 33.3. The topological polar surface area (TPSA) is 171 Å². The Kier molecular flexibility index (Phi) is 27.1. The van der Waals surface area contributed by atoms with Gasteiger partial charge in [-0.2, -0.15) is 0 Å². The van der Waals surface area contributed by atoms with Gasteiger partial charge in [-0.25, -0.2) is 9.59 Å². The summed E-state index contributed by atoms with van der Waals surface area (Å²) in [6, 6.07) is 0. The van der Waals surface area contributed by atoms with E-state index >= 15 is 0 Å². The van der Waals surface area contributed by atoms with Crippen molar-refractivity contribution in [3.05, 3.63) is 48.6 Å². The summed E-state index contributed by atoms with van der Waals surface area (Å²) in [7, 11) is 0. The van der Waals surface area contributed by atoms with E-state index < -0.39 is 24.1 Å². The number of carboxylic acids is 2. The van der Waals surface area contributed by atoms with Gasteiger partial charge >= 0.3 is 11.9 Å². The van der Waals surface area contributed by atoms with E-state index in [9.17, 15) is 29.7 Å². The SMILES string of the molecule is C.C.C[C@@H](CC#CC1CC1)[C@H](O)/C=C/[C@H]1[C@H](O)CC(=O)[C@@H]1CCCC/C=C/C(=O)O.C[C@@H]1C[C@H](O)[C@H](CCCC/C=C/C(=O)O)[C@H]1/C=C/[C@@H](OC1CCCCO1)[C@@H](C)CC#CC1CC1. The van der Waals surface area contributed by atoms with Gasteiger partial charge in [0.15, 0.2) is 6.29 Å². The smallest absolute Gasteiger partial charge is 0.327 e. The minimum atomic E-state index is -0.953. The summed E-state index contributed by atoms with van der Waals surface area (Å²) in [5, 5.41) is 48.6. The fraction of sp³-hybridized carbons (Fsp3) is 0.722. The minimum absolute atomic E-state index is 0. The highest BCUT2D eigenvalue weighted by Crippen LogP contribution is 2.41. The van der Waals surface area contributed by atoms with E-state index in [-0.39, 0.29) is 75.1 Å². The van der Waals surface area contributed by atoms with Crippen LogP contribution in [0, 0.1) is 76.9 Å². The Labute approximate surface area is 386 Å². The van der Waals surface area contributed by atoms with Gasteiger partial charge in [-0.15, -0.1) is 11.8 Å². The van der Waals surface area contributed by atoms with Crippen molar-refractivity contribution >= 4 is 17.7 Å². The first-order chi connectivity index (χ1) is 29.8. The lowest BCUT2D eigenvalue weighted by molar-refractivity contribution is -0.186. The molecule has 360 valence electrons. The molecule has 1 unspecified atom stereocenters. The molecular weight excluding hydrogens is 809 g/mol. The van der Waals surface area contributed by atoms with E-state index in [4.69, 9.17) is 19.7 Å². The Hall–Kier alpha value is -3.51. The van der Waals surface area contributed by atoms with Crippen LogP contribution < -0.4 is 0 Å². The monoisotopic (exact) mass is 893 g/mol. The molecule has 5 fully saturated rings. The Morgan fingerprint density at radius 1 is 0.781 bits per heavy atom. The van der Waals surface area contributed by atoms with Crippen LogP contribution in [0.4, 0.5) is 0 Å². The van der Waals surface area contributed by atoms with Crippen LogP contribution in [0.3, 0.4) is 0 Å².